The lowest BCUT2D eigenvalue weighted by Crippen LogP contribution is -2.59. The molecule has 2 aliphatic heterocycles. The van der Waals surface area contributed by atoms with Crippen LogP contribution in [0.2, 0.25) is 5.02 Å². The lowest BCUT2D eigenvalue weighted by atomic mass is 10.0. The highest BCUT2D eigenvalue weighted by Crippen LogP contribution is 2.52. The molecule has 2 aliphatic rings. The molecule has 2 heterocycles. The highest BCUT2D eigenvalue weighted by Gasteiger charge is 2.59. The van der Waals surface area contributed by atoms with Crippen molar-refractivity contribution in [2.45, 2.75) is 23.9 Å². The van der Waals surface area contributed by atoms with Gasteiger partial charge in [-0.2, -0.15) is 0 Å². The first-order valence-electron chi connectivity index (χ1n) is 10.9. The topological polar surface area (TPSA) is 43.4 Å². The second-order valence-electron chi connectivity index (χ2n) is 8.66. The highest BCUT2D eigenvalue weighted by molar-refractivity contribution is 7.99. The predicted octanol–water partition coefficient (Wildman–Crippen LogP) is 5.54. The van der Waals surface area contributed by atoms with Crippen molar-refractivity contribution in [3.63, 3.8) is 0 Å². The number of nitrogens with zero attached hydrogens (tertiary/aromatic N) is 2. The number of Topliss-reactive ketones (excluding diaryl/α,β-unsaturated/α-hetero) is 1. The van der Waals surface area contributed by atoms with E-state index in [2.05, 4.69) is 24.3 Å². The molecule has 5 rings (SSSR count). The van der Waals surface area contributed by atoms with Crippen LogP contribution in [0.25, 0.3) is 0 Å². The predicted molar refractivity (Wildman–Crippen MR) is 130 cm³/mol. The summed E-state index contributed by atoms with van der Waals surface area (Å²) < 4.78 is 0.504. The Morgan fingerprint density at radius 1 is 1.00 bits per heavy atom. The zero-order chi connectivity index (χ0) is 22.1. The van der Waals surface area contributed by atoms with Gasteiger partial charge in [-0.25, -0.2) is 0 Å². The fourth-order valence-electron chi connectivity index (χ4n) is 5.16. The molecule has 3 aromatic carbocycles. The summed E-state index contributed by atoms with van der Waals surface area (Å²) in [7, 11) is 0. The second-order valence-corrected chi connectivity index (χ2v) is 10.2. The van der Waals surface area contributed by atoms with Crippen LogP contribution in [-0.2, 0) is 6.42 Å². The Bertz CT molecular complexity index is 1080. The molecule has 0 aromatic heterocycles. The summed E-state index contributed by atoms with van der Waals surface area (Å²) in [6.07, 6.45) is 0.358. The van der Waals surface area contributed by atoms with Crippen molar-refractivity contribution >= 4 is 29.1 Å². The summed E-state index contributed by atoms with van der Waals surface area (Å²) >= 11 is 7.90. The minimum Gasteiger partial charge on any atom is -0.781 e. The fraction of sp³-hybridized carbons (Fsp3) is 0.269. The maximum atomic E-state index is 13.4. The number of quaternary nitrogens is 1. The van der Waals surface area contributed by atoms with Crippen LogP contribution in [0.15, 0.2) is 84.9 Å². The van der Waals surface area contributed by atoms with Gasteiger partial charge in [-0.05, 0) is 35.4 Å². The SMILES string of the molecule is O=C(C[N+]12CSC(c3ccccc3)C1CN([O-])C2Cc1ccccc1)c1ccc(Cl)cc1. The van der Waals surface area contributed by atoms with Gasteiger partial charge in [0.2, 0.25) is 5.78 Å². The summed E-state index contributed by atoms with van der Waals surface area (Å²) in [5.41, 5.74) is 3.01. The van der Waals surface area contributed by atoms with Gasteiger partial charge in [0, 0.05) is 23.6 Å². The van der Waals surface area contributed by atoms with Crippen LogP contribution < -0.4 is 0 Å². The Hall–Kier alpha value is -2.15. The van der Waals surface area contributed by atoms with E-state index in [1.165, 1.54) is 10.6 Å². The van der Waals surface area contributed by atoms with Gasteiger partial charge in [0.25, 0.3) is 0 Å². The summed E-state index contributed by atoms with van der Waals surface area (Å²) in [5, 5.41) is 15.4. The Balaban J connectivity index is 1.50. The van der Waals surface area contributed by atoms with E-state index in [1.807, 2.05) is 48.2 Å². The van der Waals surface area contributed by atoms with Crippen LogP contribution in [0.3, 0.4) is 0 Å². The molecule has 164 valence electrons. The summed E-state index contributed by atoms with van der Waals surface area (Å²) in [4.78, 5) is 13.4. The number of carbonyl (C=O) groups is 1. The third-order valence-electron chi connectivity index (χ3n) is 6.79. The minimum atomic E-state index is -0.278. The van der Waals surface area contributed by atoms with E-state index in [0.29, 0.717) is 34.6 Å². The largest absolute Gasteiger partial charge is 0.781 e. The maximum Gasteiger partial charge on any atom is 0.217 e. The molecule has 0 bridgehead atoms. The van der Waals surface area contributed by atoms with Gasteiger partial charge < -0.3 is 10.3 Å². The van der Waals surface area contributed by atoms with E-state index in [4.69, 9.17) is 11.6 Å². The molecule has 6 heteroatoms. The van der Waals surface area contributed by atoms with Crippen LogP contribution in [0.5, 0.6) is 0 Å². The number of benzene rings is 3. The molecule has 4 atom stereocenters. The zero-order valence-corrected chi connectivity index (χ0v) is 19.2. The third-order valence-corrected chi connectivity index (χ3v) is 8.62. The van der Waals surface area contributed by atoms with E-state index in [0.717, 1.165) is 11.4 Å². The number of halogens is 1. The van der Waals surface area contributed by atoms with Gasteiger partial charge in [0.05, 0.1) is 5.25 Å². The molecule has 0 amide bonds. The molecule has 32 heavy (non-hydrogen) atoms. The zero-order valence-electron chi connectivity index (χ0n) is 17.6. The first-order valence-corrected chi connectivity index (χ1v) is 12.3. The molecule has 0 aliphatic carbocycles. The van der Waals surface area contributed by atoms with E-state index in [1.54, 1.807) is 24.3 Å². The molecule has 0 radical (unpaired) electrons. The van der Waals surface area contributed by atoms with E-state index in [9.17, 15) is 10.0 Å². The van der Waals surface area contributed by atoms with Crippen LogP contribution in [-0.4, -0.2) is 46.5 Å². The lowest BCUT2D eigenvalue weighted by Gasteiger charge is -2.42. The number of hydroxylamine groups is 2. The van der Waals surface area contributed by atoms with Crippen molar-refractivity contribution in [1.29, 1.82) is 0 Å². The Kier molecular flexibility index (Phi) is 6.10. The van der Waals surface area contributed by atoms with Crippen LogP contribution in [0.1, 0.15) is 26.7 Å². The molecule has 0 N–H and O–H groups in total. The quantitative estimate of drug-likeness (QED) is 0.355. The summed E-state index contributed by atoms with van der Waals surface area (Å²) in [6, 6.07) is 27.7. The average molecular weight is 465 g/mol. The van der Waals surface area contributed by atoms with Gasteiger partial charge in [-0.1, -0.05) is 84.0 Å². The molecular formula is C26H25ClN2O2S. The van der Waals surface area contributed by atoms with Crippen LogP contribution in [0, 0.1) is 5.21 Å². The first-order chi connectivity index (χ1) is 15.6. The molecule has 2 saturated heterocycles. The third kappa shape index (κ3) is 4.00. The summed E-state index contributed by atoms with van der Waals surface area (Å²) in [5.74, 6) is 0.814. The standard InChI is InChI=1S/C26H25ClN2O2S/c27-22-13-11-20(12-14-22)24(30)17-29-18-32-26(21-9-5-2-6-10-21)23(29)16-28(31)25(29)15-19-7-3-1-4-8-19/h1-14,23,25-26H,15-18H2. The number of hydrogen-bond donors (Lipinski definition) is 0. The van der Waals surface area contributed by atoms with Gasteiger partial charge in [0.15, 0.2) is 0 Å². The van der Waals surface area contributed by atoms with Gasteiger partial charge in [-0.3, -0.25) is 9.28 Å². The fourth-order valence-corrected chi connectivity index (χ4v) is 7.07. The minimum absolute atomic E-state index is 0.0642. The van der Waals surface area contributed by atoms with Crippen molar-refractivity contribution in [2.75, 3.05) is 19.0 Å². The first kappa shape index (κ1) is 21.7. The highest BCUT2D eigenvalue weighted by atomic mass is 35.5. The molecular weight excluding hydrogens is 440 g/mol. The molecule has 4 nitrogen and oxygen atoms in total. The second kappa shape index (κ2) is 9.00. The Morgan fingerprint density at radius 3 is 2.34 bits per heavy atom. The van der Waals surface area contributed by atoms with E-state index >= 15 is 0 Å². The Labute approximate surface area is 198 Å². The van der Waals surface area contributed by atoms with E-state index in [-0.39, 0.29) is 23.2 Å². The average Bonchev–Trinajstić information content (AvgIpc) is 3.29. The molecule has 4 unspecified atom stereocenters. The van der Waals surface area contributed by atoms with Gasteiger partial charge in [0.1, 0.15) is 24.6 Å². The van der Waals surface area contributed by atoms with Crippen molar-refractivity contribution in [3.8, 4) is 0 Å². The van der Waals surface area contributed by atoms with Crippen molar-refractivity contribution in [1.82, 2.24) is 5.06 Å². The number of carbonyl (C=O) groups excluding carboxylic acids is 1. The van der Waals surface area contributed by atoms with Gasteiger partial charge in [-0.15, -0.1) is 0 Å². The number of fused-ring (bicyclic) bond motifs is 1. The molecule has 0 spiro atoms. The van der Waals surface area contributed by atoms with Crippen molar-refractivity contribution in [2.24, 2.45) is 0 Å². The number of rotatable bonds is 6. The molecule has 3 aromatic rings. The van der Waals surface area contributed by atoms with Crippen LogP contribution >= 0.6 is 23.4 Å². The normalized spacial score (nSPS) is 27.4. The smallest absolute Gasteiger partial charge is 0.217 e. The number of ketones is 1. The van der Waals surface area contributed by atoms with Crippen LogP contribution in [0.4, 0.5) is 0 Å². The molecule has 0 saturated carbocycles. The van der Waals surface area contributed by atoms with Gasteiger partial charge >= 0.3 is 0 Å². The Morgan fingerprint density at radius 2 is 1.66 bits per heavy atom. The maximum absolute atomic E-state index is 13.4. The summed E-state index contributed by atoms with van der Waals surface area (Å²) in [6.45, 7) is 0.761. The van der Waals surface area contributed by atoms with Crippen molar-refractivity contribution < 1.29 is 9.28 Å². The molecule has 2 fully saturated rings. The monoisotopic (exact) mass is 464 g/mol. The van der Waals surface area contributed by atoms with E-state index < -0.39 is 0 Å². The number of hydrogen-bond acceptors (Lipinski definition) is 4. The number of thioether (sulfide) groups is 1. The lowest BCUT2D eigenvalue weighted by molar-refractivity contribution is -0.941. The van der Waals surface area contributed by atoms with Crippen molar-refractivity contribution in [3.05, 3.63) is 112 Å².